The Morgan fingerprint density at radius 3 is 0.842 bits per heavy atom. The molecule has 0 amide bonds. The molecule has 0 saturated carbocycles. The number of hydrogen-bond donors (Lipinski definition) is 4. The quantitative estimate of drug-likeness (QED) is 0.285. The van der Waals surface area contributed by atoms with Gasteiger partial charge in [0, 0.05) is 16.8 Å². The molecule has 0 saturated heterocycles. The Morgan fingerprint density at radius 1 is 0.579 bits per heavy atom. The molecule has 0 aliphatic rings. The van der Waals surface area contributed by atoms with Gasteiger partial charge in [0.1, 0.15) is 0 Å². The topological polar surface area (TPSA) is 149 Å². The molecule has 0 fully saturated rings. The van der Waals surface area contributed by atoms with Crippen LogP contribution in [0.2, 0.25) is 0 Å². The first-order chi connectivity index (χ1) is 8.25. The maximum atomic E-state index is 9.78. The zero-order chi connectivity index (χ0) is 14.6. The molecule has 0 rings (SSSR count). The Bertz CT molecular complexity index is 251. The number of hydrogen-bond acceptors (Lipinski definition) is 4. The van der Waals surface area contributed by atoms with Gasteiger partial charge in [0.15, 0.2) is 0 Å². The van der Waals surface area contributed by atoms with Gasteiger partial charge in [-0.3, -0.25) is 0 Å². The van der Waals surface area contributed by atoms with Crippen molar-refractivity contribution in [2.24, 2.45) is 0 Å². The molecule has 0 aromatic heterocycles. The van der Waals surface area contributed by atoms with Crippen molar-refractivity contribution in [1.29, 1.82) is 0 Å². The van der Waals surface area contributed by atoms with Crippen molar-refractivity contribution in [2.45, 2.75) is 0 Å². The fraction of sp³-hybridized carbons (Fsp3) is 0.500. The Kier molecular flexibility index (Phi) is 18.5. The van der Waals surface area contributed by atoms with Crippen molar-refractivity contribution in [1.82, 2.24) is 0 Å². The fourth-order valence-electron chi connectivity index (χ4n) is 0.494. The van der Waals surface area contributed by atoms with E-state index < -0.39 is 23.9 Å². The van der Waals surface area contributed by atoms with Crippen molar-refractivity contribution in [2.75, 3.05) is 23.0 Å². The number of carbonyl (C=O) groups is 4. The zero-order valence-electron chi connectivity index (χ0n) is 9.48. The van der Waals surface area contributed by atoms with Crippen LogP contribution in [0.1, 0.15) is 0 Å². The van der Waals surface area contributed by atoms with Crippen LogP contribution in [0.5, 0.6) is 0 Å². The smallest absolute Gasteiger partial charge is 0.353 e. The number of rotatable bonds is 8. The summed E-state index contributed by atoms with van der Waals surface area (Å²) in [4.78, 5) is 39.1. The van der Waals surface area contributed by atoms with E-state index in [9.17, 15) is 19.2 Å². The van der Waals surface area contributed by atoms with E-state index in [2.05, 4.69) is 0 Å². The molecule has 1 radical (unpaired) electrons. The predicted octanol–water partition coefficient (Wildman–Crippen LogP) is -2.06. The van der Waals surface area contributed by atoms with Crippen LogP contribution >= 0.6 is 0 Å². The van der Waals surface area contributed by atoms with E-state index in [0.29, 0.717) is 23.5 Å². The molecule has 0 unspecified atom stereocenters. The van der Waals surface area contributed by atoms with Crippen LogP contribution in [-0.4, -0.2) is 67.3 Å². The Hall–Kier alpha value is -0.914. The van der Waals surface area contributed by atoms with Crippen LogP contribution < -0.4 is 0 Å². The minimum Gasteiger partial charge on any atom is -0.478 e. The second kappa shape index (κ2) is 15.1. The third kappa shape index (κ3) is 31.6. The van der Waals surface area contributed by atoms with E-state index in [1.54, 1.807) is 0 Å². The van der Waals surface area contributed by atoms with Gasteiger partial charge < -0.3 is 20.4 Å². The van der Waals surface area contributed by atoms with E-state index >= 15 is 0 Å². The number of thiol groups is 2. The van der Waals surface area contributed by atoms with Crippen molar-refractivity contribution in [3.8, 4) is 0 Å². The average molecular weight is 361 g/mol. The maximum Gasteiger partial charge on any atom is 0.353 e. The number of carboxylic acids is 4. The molecule has 0 atom stereocenters. The largest absolute Gasteiger partial charge is 0.478 e. The van der Waals surface area contributed by atoms with Crippen LogP contribution in [0, 0.1) is 0 Å². The molecule has 0 aliphatic carbocycles. The molecule has 4 N–H and O–H groups in total. The second-order valence-corrected chi connectivity index (χ2v) is 4.81. The van der Waals surface area contributed by atoms with Crippen molar-refractivity contribution >= 4 is 47.4 Å². The van der Waals surface area contributed by atoms with Crippen LogP contribution in [-0.2, 0) is 59.5 Å². The molecule has 0 heterocycles. The van der Waals surface area contributed by atoms with Gasteiger partial charge in [-0.25, -0.2) is 19.2 Å². The summed E-state index contributed by atoms with van der Waals surface area (Å²) in [6.45, 7) is 0. The summed E-state index contributed by atoms with van der Waals surface area (Å²) >= 11 is 0.864. The van der Waals surface area contributed by atoms with Crippen LogP contribution in [0.3, 0.4) is 0 Å². The molecular formula is C8H14CoO8S2+2. The third-order valence-corrected chi connectivity index (χ3v) is 2.96. The van der Waals surface area contributed by atoms with Crippen LogP contribution in [0.25, 0.3) is 0 Å². The first kappa shape index (κ1) is 23.2. The van der Waals surface area contributed by atoms with Crippen LogP contribution in [0.15, 0.2) is 0 Å². The molecule has 19 heavy (non-hydrogen) atoms. The molecule has 0 aliphatic heterocycles. The average Bonchev–Trinajstić information content (AvgIpc) is 2.15. The zero-order valence-corrected chi connectivity index (χ0v) is 12.3. The van der Waals surface area contributed by atoms with E-state index in [4.69, 9.17) is 20.4 Å². The molecule has 113 valence electrons. The first-order valence-electron chi connectivity index (χ1n) is 4.39. The minimum atomic E-state index is -0.960. The van der Waals surface area contributed by atoms with Gasteiger partial charge in [-0.1, -0.05) is 0 Å². The minimum absolute atomic E-state index is 0. The molecule has 0 spiro atoms. The molecule has 0 bridgehead atoms. The summed E-state index contributed by atoms with van der Waals surface area (Å²) in [6.07, 6.45) is 0. The van der Waals surface area contributed by atoms with Crippen LogP contribution in [0.4, 0.5) is 0 Å². The second-order valence-electron chi connectivity index (χ2n) is 2.65. The summed E-state index contributed by atoms with van der Waals surface area (Å²) in [5, 5.41) is 32.1. The van der Waals surface area contributed by atoms with Gasteiger partial charge in [0.2, 0.25) is 23.0 Å². The van der Waals surface area contributed by atoms with E-state index in [1.165, 1.54) is 0 Å². The van der Waals surface area contributed by atoms with Gasteiger partial charge in [0.25, 0.3) is 0 Å². The van der Waals surface area contributed by atoms with Crippen molar-refractivity contribution in [3.05, 3.63) is 0 Å². The summed E-state index contributed by atoms with van der Waals surface area (Å²) in [5.74, 6) is -4.20. The summed E-state index contributed by atoms with van der Waals surface area (Å²) in [5.41, 5.74) is 0. The van der Waals surface area contributed by atoms with Gasteiger partial charge in [-0.05, 0) is 23.5 Å². The predicted molar refractivity (Wildman–Crippen MR) is 67.5 cm³/mol. The number of aliphatic carboxylic acids is 4. The van der Waals surface area contributed by atoms with Crippen molar-refractivity contribution in [3.63, 3.8) is 0 Å². The Labute approximate surface area is 127 Å². The van der Waals surface area contributed by atoms with E-state index in [0.717, 1.165) is 0 Å². The fourth-order valence-corrected chi connectivity index (χ4v) is 1.48. The van der Waals surface area contributed by atoms with Gasteiger partial charge in [-0.2, -0.15) is 0 Å². The standard InChI is InChI=1S/2C4H6O4S.Co/c2*5-3(6)1-9-2-4(7)8;/h2*1-2H2,(H,5,6)(H,7,8);/p+2. The Balaban J connectivity index is -0.000000256. The molecule has 0 aromatic rings. The molecular weight excluding hydrogens is 347 g/mol. The maximum absolute atomic E-state index is 9.78. The van der Waals surface area contributed by atoms with Crippen molar-refractivity contribution < 1.29 is 56.4 Å². The van der Waals surface area contributed by atoms with E-state index in [-0.39, 0.29) is 39.8 Å². The molecule has 8 nitrogen and oxygen atoms in total. The Morgan fingerprint density at radius 2 is 0.737 bits per heavy atom. The van der Waals surface area contributed by atoms with Gasteiger partial charge >= 0.3 is 23.9 Å². The molecule has 0 aromatic carbocycles. The normalized spacial score (nSPS) is 8.42. The van der Waals surface area contributed by atoms with E-state index in [1.807, 2.05) is 0 Å². The molecule has 11 heteroatoms. The first-order valence-corrected chi connectivity index (χ1v) is 6.92. The number of carboxylic acid groups (broad SMARTS) is 4. The summed E-state index contributed by atoms with van der Waals surface area (Å²) in [7, 11) is 0. The summed E-state index contributed by atoms with van der Waals surface area (Å²) < 4.78 is 0. The summed E-state index contributed by atoms with van der Waals surface area (Å²) in [6, 6.07) is 0. The van der Waals surface area contributed by atoms with Gasteiger partial charge in [-0.15, -0.1) is 0 Å². The van der Waals surface area contributed by atoms with Gasteiger partial charge in [0.05, 0.1) is 0 Å². The monoisotopic (exact) mass is 361 g/mol. The third-order valence-electron chi connectivity index (χ3n) is 0.988. The SMILES string of the molecule is O=C(O)C[SH+]CC(=O)O.O=C(O)C[SH+]CC(=O)O.[Co].